The molecule has 24 heavy (non-hydrogen) atoms. The van der Waals surface area contributed by atoms with Crippen LogP contribution in [0.25, 0.3) is 5.69 Å². The summed E-state index contributed by atoms with van der Waals surface area (Å²) in [6, 6.07) is 13.7. The van der Waals surface area contributed by atoms with Gasteiger partial charge in [-0.25, -0.2) is 9.07 Å². The van der Waals surface area contributed by atoms with Crippen LogP contribution in [0.3, 0.4) is 0 Å². The summed E-state index contributed by atoms with van der Waals surface area (Å²) in [5.41, 5.74) is 4.44. The Balaban J connectivity index is 1.68. The first-order valence-corrected chi connectivity index (χ1v) is 7.69. The molecule has 0 radical (unpaired) electrons. The second-order valence-corrected chi connectivity index (χ2v) is 5.73. The van der Waals surface area contributed by atoms with Crippen LogP contribution in [0.5, 0.6) is 0 Å². The van der Waals surface area contributed by atoms with Crippen molar-refractivity contribution in [2.75, 3.05) is 0 Å². The Morgan fingerprint density at radius 2 is 1.88 bits per heavy atom. The van der Waals surface area contributed by atoms with Crippen LogP contribution in [-0.2, 0) is 6.54 Å². The molecule has 122 valence electrons. The molecule has 0 aliphatic heterocycles. The van der Waals surface area contributed by atoms with E-state index in [4.69, 9.17) is 0 Å². The lowest BCUT2D eigenvalue weighted by Crippen LogP contribution is -2.23. The van der Waals surface area contributed by atoms with Gasteiger partial charge < -0.3 is 5.32 Å². The minimum absolute atomic E-state index is 0.240. The lowest BCUT2D eigenvalue weighted by Gasteiger charge is -2.08. The first-order valence-electron chi connectivity index (χ1n) is 7.69. The molecular weight excluding hydrogens is 305 g/mol. The van der Waals surface area contributed by atoms with Crippen molar-refractivity contribution in [2.45, 2.75) is 20.4 Å². The number of benzene rings is 2. The molecule has 0 spiro atoms. The highest BCUT2D eigenvalue weighted by Gasteiger charge is 2.10. The summed E-state index contributed by atoms with van der Waals surface area (Å²) in [6.07, 6.45) is 1.68. The van der Waals surface area contributed by atoms with Crippen LogP contribution in [0.2, 0.25) is 0 Å². The number of amides is 1. The second-order valence-electron chi connectivity index (χ2n) is 5.73. The van der Waals surface area contributed by atoms with E-state index in [-0.39, 0.29) is 11.7 Å². The molecule has 2 aromatic carbocycles. The number of nitrogens with one attached hydrogen (secondary N) is 1. The van der Waals surface area contributed by atoms with Gasteiger partial charge in [-0.1, -0.05) is 23.8 Å². The van der Waals surface area contributed by atoms with Crippen molar-refractivity contribution in [1.82, 2.24) is 15.1 Å². The molecule has 0 saturated heterocycles. The summed E-state index contributed by atoms with van der Waals surface area (Å²) in [5, 5.41) is 7.12. The van der Waals surface area contributed by atoms with E-state index in [0.717, 1.165) is 11.1 Å². The fourth-order valence-corrected chi connectivity index (χ4v) is 2.49. The van der Waals surface area contributed by atoms with Crippen LogP contribution in [0.4, 0.5) is 4.39 Å². The Hall–Kier alpha value is -2.95. The monoisotopic (exact) mass is 323 g/mol. The summed E-state index contributed by atoms with van der Waals surface area (Å²) in [4.78, 5) is 12.2. The van der Waals surface area contributed by atoms with Gasteiger partial charge in [0.1, 0.15) is 5.82 Å². The van der Waals surface area contributed by atoms with Crippen molar-refractivity contribution in [3.05, 3.63) is 82.9 Å². The second kappa shape index (κ2) is 6.66. The number of carbonyl (C=O) groups is 1. The fraction of sp³-hybridized carbons (Fsp3) is 0.158. The van der Waals surface area contributed by atoms with Gasteiger partial charge in [-0.3, -0.25) is 4.79 Å². The lowest BCUT2D eigenvalue weighted by molar-refractivity contribution is 0.0945. The van der Waals surface area contributed by atoms with Crippen LogP contribution in [-0.4, -0.2) is 15.7 Å². The average Bonchev–Trinajstić information content (AvgIpc) is 3.04. The summed E-state index contributed by atoms with van der Waals surface area (Å²) >= 11 is 0. The first kappa shape index (κ1) is 15.9. The van der Waals surface area contributed by atoms with E-state index in [1.807, 2.05) is 26.0 Å². The van der Waals surface area contributed by atoms with E-state index in [1.165, 1.54) is 17.7 Å². The standard InChI is InChI=1S/C19H18FN3O/c1-13-3-4-15(14(2)11-13)12-21-19(24)18-9-10-23(22-18)17-7-5-16(20)6-8-17/h3-11H,12H2,1-2H3,(H,21,24). The van der Waals surface area contributed by atoms with Gasteiger partial charge in [-0.15, -0.1) is 0 Å². The minimum Gasteiger partial charge on any atom is -0.347 e. The number of aryl methyl sites for hydroxylation is 2. The van der Waals surface area contributed by atoms with Gasteiger partial charge in [0, 0.05) is 12.7 Å². The molecule has 1 amide bonds. The highest BCUT2D eigenvalue weighted by atomic mass is 19.1. The number of rotatable bonds is 4. The summed E-state index contributed by atoms with van der Waals surface area (Å²) < 4.78 is 14.5. The third-order valence-electron chi connectivity index (χ3n) is 3.85. The molecule has 0 fully saturated rings. The van der Waals surface area contributed by atoms with Crippen LogP contribution in [0.15, 0.2) is 54.7 Å². The van der Waals surface area contributed by atoms with Crippen LogP contribution < -0.4 is 5.32 Å². The zero-order chi connectivity index (χ0) is 17.1. The molecule has 5 heteroatoms. The van der Waals surface area contributed by atoms with Crippen molar-refractivity contribution < 1.29 is 9.18 Å². The number of hydrogen-bond acceptors (Lipinski definition) is 2. The number of halogens is 1. The average molecular weight is 323 g/mol. The van der Waals surface area contributed by atoms with Crippen LogP contribution >= 0.6 is 0 Å². The van der Waals surface area contributed by atoms with E-state index >= 15 is 0 Å². The molecule has 1 aromatic heterocycles. The number of hydrogen-bond donors (Lipinski definition) is 1. The fourth-order valence-electron chi connectivity index (χ4n) is 2.49. The molecule has 4 nitrogen and oxygen atoms in total. The van der Waals surface area contributed by atoms with E-state index in [0.29, 0.717) is 17.9 Å². The number of aromatic nitrogens is 2. The molecular formula is C19H18FN3O. The normalized spacial score (nSPS) is 10.6. The van der Waals surface area contributed by atoms with Crippen LogP contribution in [0, 0.1) is 19.7 Å². The quantitative estimate of drug-likeness (QED) is 0.798. The Morgan fingerprint density at radius 3 is 2.58 bits per heavy atom. The molecule has 0 atom stereocenters. The van der Waals surface area contributed by atoms with Gasteiger partial charge >= 0.3 is 0 Å². The maximum atomic E-state index is 13.0. The van der Waals surface area contributed by atoms with E-state index in [2.05, 4.69) is 16.5 Å². The molecule has 0 aliphatic rings. The molecule has 0 aliphatic carbocycles. The zero-order valence-corrected chi connectivity index (χ0v) is 13.6. The third-order valence-corrected chi connectivity index (χ3v) is 3.85. The molecule has 1 N–H and O–H groups in total. The Labute approximate surface area is 139 Å². The Bertz CT molecular complexity index is 869. The van der Waals surface area contributed by atoms with Gasteiger partial charge in [0.25, 0.3) is 5.91 Å². The van der Waals surface area contributed by atoms with Crippen molar-refractivity contribution in [2.24, 2.45) is 0 Å². The van der Waals surface area contributed by atoms with E-state index < -0.39 is 0 Å². The number of nitrogens with zero attached hydrogens (tertiary/aromatic N) is 2. The SMILES string of the molecule is Cc1ccc(CNC(=O)c2ccn(-c3ccc(F)cc3)n2)c(C)c1. The summed E-state index contributed by atoms with van der Waals surface area (Å²) in [6.45, 7) is 4.52. The predicted molar refractivity (Wildman–Crippen MR) is 90.6 cm³/mol. The van der Waals surface area contributed by atoms with Crippen molar-refractivity contribution in [3.63, 3.8) is 0 Å². The van der Waals surface area contributed by atoms with Gasteiger partial charge in [0.2, 0.25) is 0 Å². The molecule has 0 saturated carbocycles. The maximum absolute atomic E-state index is 13.0. The van der Waals surface area contributed by atoms with E-state index in [1.54, 1.807) is 29.1 Å². The third kappa shape index (κ3) is 3.51. The van der Waals surface area contributed by atoms with Crippen molar-refractivity contribution in [1.29, 1.82) is 0 Å². The Kier molecular flexibility index (Phi) is 4.42. The highest BCUT2D eigenvalue weighted by Crippen LogP contribution is 2.11. The van der Waals surface area contributed by atoms with Crippen LogP contribution in [0.1, 0.15) is 27.2 Å². The molecule has 1 heterocycles. The van der Waals surface area contributed by atoms with E-state index in [9.17, 15) is 9.18 Å². The Morgan fingerprint density at radius 1 is 1.12 bits per heavy atom. The van der Waals surface area contributed by atoms with Crippen molar-refractivity contribution >= 4 is 5.91 Å². The molecule has 0 unspecified atom stereocenters. The predicted octanol–water partition coefficient (Wildman–Crippen LogP) is 3.56. The lowest BCUT2D eigenvalue weighted by atomic mass is 10.1. The smallest absolute Gasteiger partial charge is 0.272 e. The van der Waals surface area contributed by atoms with Gasteiger partial charge in [0.05, 0.1) is 5.69 Å². The van der Waals surface area contributed by atoms with Gasteiger partial charge in [0.15, 0.2) is 5.69 Å². The van der Waals surface area contributed by atoms with Crippen molar-refractivity contribution in [3.8, 4) is 5.69 Å². The van der Waals surface area contributed by atoms with Gasteiger partial charge in [-0.05, 0) is 55.3 Å². The summed E-state index contributed by atoms with van der Waals surface area (Å²) in [5.74, 6) is -0.548. The van der Waals surface area contributed by atoms with Gasteiger partial charge in [-0.2, -0.15) is 5.10 Å². The molecule has 0 bridgehead atoms. The molecule has 3 aromatic rings. The topological polar surface area (TPSA) is 46.9 Å². The first-order chi connectivity index (χ1) is 11.5. The number of carbonyl (C=O) groups excluding carboxylic acids is 1. The zero-order valence-electron chi connectivity index (χ0n) is 13.6. The minimum atomic E-state index is -0.308. The molecule has 3 rings (SSSR count). The largest absolute Gasteiger partial charge is 0.347 e. The maximum Gasteiger partial charge on any atom is 0.272 e. The summed E-state index contributed by atoms with van der Waals surface area (Å²) in [7, 11) is 0. The highest BCUT2D eigenvalue weighted by molar-refractivity contribution is 5.92.